The average Bonchev–Trinajstić information content (AvgIpc) is 2.53. The number of carbonyl (C=O) groups is 1. The number of aromatic nitrogens is 2. The lowest BCUT2D eigenvalue weighted by Crippen LogP contribution is -2.31. The van der Waals surface area contributed by atoms with Crippen molar-refractivity contribution in [2.45, 2.75) is 20.8 Å². The molecule has 1 aromatic carbocycles. The molecule has 6 heteroatoms. The van der Waals surface area contributed by atoms with Crippen molar-refractivity contribution in [2.24, 2.45) is 0 Å². The van der Waals surface area contributed by atoms with Crippen molar-refractivity contribution >= 4 is 33.3 Å². The van der Waals surface area contributed by atoms with Crippen LogP contribution >= 0.6 is 15.9 Å². The first kappa shape index (κ1) is 16.4. The minimum Gasteiger partial charge on any atom is -0.339 e. The molecule has 0 aliphatic rings. The highest BCUT2D eigenvalue weighted by molar-refractivity contribution is 9.10. The van der Waals surface area contributed by atoms with Crippen molar-refractivity contribution < 1.29 is 4.79 Å². The van der Waals surface area contributed by atoms with Crippen LogP contribution in [0.15, 0.2) is 34.8 Å². The number of halogens is 1. The van der Waals surface area contributed by atoms with Crippen LogP contribution in [0.4, 0.5) is 11.5 Å². The van der Waals surface area contributed by atoms with Gasteiger partial charge in [0.2, 0.25) is 0 Å². The molecular weight excluding hydrogens is 344 g/mol. The van der Waals surface area contributed by atoms with E-state index in [-0.39, 0.29) is 5.91 Å². The molecule has 0 saturated heterocycles. The molecule has 0 spiro atoms. The second-order valence-electron chi connectivity index (χ2n) is 4.87. The van der Waals surface area contributed by atoms with Gasteiger partial charge in [-0.3, -0.25) is 4.79 Å². The molecule has 1 amide bonds. The molecule has 0 radical (unpaired) electrons. The summed E-state index contributed by atoms with van der Waals surface area (Å²) in [5.41, 5.74) is 2.44. The van der Waals surface area contributed by atoms with Crippen molar-refractivity contribution in [3.8, 4) is 0 Å². The van der Waals surface area contributed by atoms with Crippen LogP contribution in [-0.4, -0.2) is 34.1 Å². The molecule has 5 nitrogen and oxygen atoms in total. The fourth-order valence-corrected chi connectivity index (χ4v) is 2.38. The van der Waals surface area contributed by atoms with E-state index in [4.69, 9.17) is 0 Å². The number of hydrogen-bond acceptors (Lipinski definition) is 4. The summed E-state index contributed by atoms with van der Waals surface area (Å²) in [7, 11) is 0. The zero-order valence-electron chi connectivity index (χ0n) is 12.9. The number of amides is 1. The predicted octanol–water partition coefficient (Wildman–Crippen LogP) is 3.77. The molecule has 116 valence electrons. The Balaban J connectivity index is 2.11. The Morgan fingerprint density at radius 3 is 2.45 bits per heavy atom. The Kier molecular flexibility index (Phi) is 5.49. The third-order valence-corrected chi connectivity index (χ3v) is 4.23. The van der Waals surface area contributed by atoms with Crippen LogP contribution in [0.5, 0.6) is 0 Å². The third kappa shape index (κ3) is 3.82. The van der Waals surface area contributed by atoms with Gasteiger partial charge in [0.25, 0.3) is 5.91 Å². The van der Waals surface area contributed by atoms with Crippen LogP contribution in [0.1, 0.15) is 29.9 Å². The third-order valence-electron chi connectivity index (χ3n) is 3.38. The van der Waals surface area contributed by atoms with Gasteiger partial charge in [0.05, 0.1) is 0 Å². The zero-order valence-corrected chi connectivity index (χ0v) is 14.5. The van der Waals surface area contributed by atoms with Crippen molar-refractivity contribution in [3.05, 3.63) is 46.1 Å². The van der Waals surface area contributed by atoms with E-state index < -0.39 is 0 Å². The van der Waals surface area contributed by atoms with Gasteiger partial charge >= 0.3 is 0 Å². The molecule has 1 heterocycles. The SMILES string of the molecule is CCN(CC)C(=O)c1ccc(Nc2ccc(C)c(Br)c2)nn1. The number of benzene rings is 1. The molecule has 0 saturated carbocycles. The molecule has 0 atom stereocenters. The first-order chi connectivity index (χ1) is 10.5. The maximum Gasteiger partial charge on any atom is 0.274 e. The lowest BCUT2D eigenvalue weighted by Gasteiger charge is -2.17. The number of carbonyl (C=O) groups excluding carboxylic acids is 1. The van der Waals surface area contributed by atoms with E-state index in [9.17, 15) is 4.79 Å². The Hall–Kier alpha value is -1.95. The molecule has 1 N–H and O–H groups in total. The molecule has 2 rings (SSSR count). The van der Waals surface area contributed by atoms with Crippen LogP contribution in [0.25, 0.3) is 0 Å². The highest BCUT2D eigenvalue weighted by Crippen LogP contribution is 2.22. The maximum absolute atomic E-state index is 12.2. The van der Waals surface area contributed by atoms with Gasteiger partial charge in [-0.25, -0.2) is 0 Å². The number of aryl methyl sites for hydroxylation is 1. The Bertz CT molecular complexity index is 654. The minimum absolute atomic E-state index is 0.0952. The summed E-state index contributed by atoms with van der Waals surface area (Å²) in [5.74, 6) is 0.508. The molecule has 0 unspecified atom stereocenters. The molecular formula is C16H19BrN4O. The van der Waals surface area contributed by atoms with E-state index >= 15 is 0 Å². The average molecular weight is 363 g/mol. The van der Waals surface area contributed by atoms with Crippen LogP contribution in [0.3, 0.4) is 0 Å². The lowest BCUT2D eigenvalue weighted by molar-refractivity contribution is 0.0766. The van der Waals surface area contributed by atoms with Gasteiger partial charge in [0.1, 0.15) is 0 Å². The summed E-state index contributed by atoms with van der Waals surface area (Å²) in [6.45, 7) is 7.24. The predicted molar refractivity (Wildman–Crippen MR) is 91.4 cm³/mol. The van der Waals surface area contributed by atoms with Crippen LogP contribution < -0.4 is 5.32 Å². The summed E-state index contributed by atoms with van der Waals surface area (Å²) in [5, 5.41) is 11.3. The zero-order chi connectivity index (χ0) is 16.1. The Morgan fingerprint density at radius 1 is 1.18 bits per heavy atom. The second-order valence-corrected chi connectivity index (χ2v) is 5.72. The van der Waals surface area contributed by atoms with Gasteiger partial charge in [-0.05, 0) is 50.6 Å². The van der Waals surface area contributed by atoms with Gasteiger partial charge in [0, 0.05) is 23.2 Å². The fourth-order valence-electron chi connectivity index (χ4n) is 2.00. The lowest BCUT2D eigenvalue weighted by atomic mass is 10.2. The van der Waals surface area contributed by atoms with E-state index in [0.29, 0.717) is 24.6 Å². The van der Waals surface area contributed by atoms with Crippen molar-refractivity contribution in [1.29, 1.82) is 0 Å². The Morgan fingerprint density at radius 2 is 1.91 bits per heavy atom. The summed E-state index contributed by atoms with van der Waals surface area (Å²) >= 11 is 3.50. The number of nitrogens with zero attached hydrogens (tertiary/aromatic N) is 3. The second kappa shape index (κ2) is 7.35. The summed E-state index contributed by atoms with van der Waals surface area (Å²) < 4.78 is 1.03. The van der Waals surface area contributed by atoms with Crippen molar-refractivity contribution in [2.75, 3.05) is 18.4 Å². The van der Waals surface area contributed by atoms with Crippen LogP contribution in [0, 0.1) is 6.92 Å². The van der Waals surface area contributed by atoms with Gasteiger partial charge < -0.3 is 10.2 Å². The fraction of sp³-hybridized carbons (Fsp3) is 0.312. The molecule has 1 aromatic heterocycles. The van der Waals surface area contributed by atoms with E-state index in [1.54, 1.807) is 17.0 Å². The monoisotopic (exact) mass is 362 g/mol. The quantitative estimate of drug-likeness (QED) is 0.879. The topological polar surface area (TPSA) is 58.1 Å². The van der Waals surface area contributed by atoms with Crippen LogP contribution in [0.2, 0.25) is 0 Å². The minimum atomic E-state index is -0.0952. The van der Waals surface area contributed by atoms with Gasteiger partial charge in [-0.1, -0.05) is 22.0 Å². The number of anilines is 2. The van der Waals surface area contributed by atoms with Crippen molar-refractivity contribution in [3.63, 3.8) is 0 Å². The number of hydrogen-bond donors (Lipinski definition) is 1. The van der Waals surface area contributed by atoms with E-state index in [2.05, 4.69) is 31.4 Å². The maximum atomic E-state index is 12.2. The van der Waals surface area contributed by atoms with Gasteiger partial charge in [0.15, 0.2) is 11.5 Å². The van der Waals surface area contributed by atoms with E-state index in [1.165, 1.54) is 0 Å². The van der Waals surface area contributed by atoms with E-state index in [1.807, 2.05) is 39.0 Å². The summed E-state index contributed by atoms with van der Waals surface area (Å²) in [6.07, 6.45) is 0. The first-order valence-corrected chi connectivity index (χ1v) is 8.00. The largest absolute Gasteiger partial charge is 0.339 e. The molecule has 0 aliphatic heterocycles. The highest BCUT2D eigenvalue weighted by atomic mass is 79.9. The van der Waals surface area contributed by atoms with Crippen LogP contribution in [-0.2, 0) is 0 Å². The van der Waals surface area contributed by atoms with E-state index in [0.717, 1.165) is 15.7 Å². The van der Waals surface area contributed by atoms with Gasteiger partial charge in [-0.15, -0.1) is 10.2 Å². The normalized spacial score (nSPS) is 10.4. The highest BCUT2D eigenvalue weighted by Gasteiger charge is 2.14. The number of rotatable bonds is 5. The Labute approximate surface area is 138 Å². The molecule has 2 aromatic rings. The number of nitrogens with one attached hydrogen (secondary N) is 1. The standard InChI is InChI=1S/C16H19BrN4O/c1-4-21(5-2)16(22)14-8-9-15(20-19-14)18-12-7-6-11(3)13(17)10-12/h6-10H,4-5H2,1-3H3,(H,18,20). The first-order valence-electron chi connectivity index (χ1n) is 7.21. The summed E-state index contributed by atoms with van der Waals surface area (Å²) in [4.78, 5) is 13.9. The van der Waals surface area contributed by atoms with Gasteiger partial charge in [-0.2, -0.15) is 0 Å². The molecule has 0 bridgehead atoms. The summed E-state index contributed by atoms with van der Waals surface area (Å²) in [6, 6.07) is 9.41. The van der Waals surface area contributed by atoms with Crippen molar-refractivity contribution in [1.82, 2.24) is 15.1 Å². The smallest absolute Gasteiger partial charge is 0.274 e. The molecule has 0 fully saturated rings. The molecule has 22 heavy (non-hydrogen) atoms. The molecule has 0 aliphatic carbocycles.